The van der Waals surface area contributed by atoms with Gasteiger partial charge in [0.1, 0.15) is 6.04 Å². The molecule has 2 amide bonds. The highest BCUT2D eigenvalue weighted by Crippen LogP contribution is 2.27. The zero-order valence-corrected chi connectivity index (χ0v) is 16.5. The van der Waals surface area contributed by atoms with Crippen LogP contribution in [-0.2, 0) is 9.53 Å². The number of hydrogen-bond donors (Lipinski definition) is 2. The predicted octanol–water partition coefficient (Wildman–Crippen LogP) is 2.11. The first-order chi connectivity index (χ1) is 13.5. The minimum atomic E-state index is -0.712. The molecule has 1 aromatic carbocycles. The summed E-state index contributed by atoms with van der Waals surface area (Å²) in [5.74, 6) is -0.493. The number of ether oxygens (including phenoxy) is 1. The molecule has 0 spiro atoms. The Balaban J connectivity index is 1.67. The van der Waals surface area contributed by atoms with Gasteiger partial charge in [0.15, 0.2) is 11.5 Å². The lowest BCUT2D eigenvalue weighted by Crippen LogP contribution is -2.56. The summed E-state index contributed by atoms with van der Waals surface area (Å²) in [5.41, 5.74) is 3.56. The lowest BCUT2D eigenvalue weighted by Gasteiger charge is -2.30. The maximum atomic E-state index is 12.6. The van der Waals surface area contributed by atoms with E-state index >= 15 is 0 Å². The van der Waals surface area contributed by atoms with Gasteiger partial charge in [-0.3, -0.25) is 15.0 Å². The number of hydrazine groups is 1. The van der Waals surface area contributed by atoms with Crippen molar-refractivity contribution in [3.05, 3.63) is 41.0 Å². The lowest BCUT2D eigenvalue weighted by atomic mass is 10.0. The molecule has 8 nitrogen and oxygen atoms in total. The van der Waals surface area contributed by atoms with E-state index in [0.29, 0.717) is 42.6 Å². The standard InChI is InChI=1S/C19H23ClN4O4/c1-12(2)17(19(26)22-24-7-9-27-10-8-24)21-18(25)15-11-16(28-23-15)13-5-3-4-6-14(13)20/h3-6,11-12,17H,7-10H2,1-2H3,(H,21,25)(H,22,26). The zero-order chi connectivity index (χ0) is 20.1. The maximum Gasteiger partial charge on any atom is 0.274 e. The molecule has 0 saturated carbocycles. The van der Waals surface area contributed by atoms with Crippen LogP contribution in [0.1, 0.15) is 24.3 Å². The number of rotatable bonds is 6. The molecule has 3 rings (SSSR count). The fourth-order valence-corrected chi connectivity index (χ4v) is 3.05. The van der Waals surface area contributed by atoms with Crippen molar-refractivity contribution >= 4 is 23.4 Å². The van der Waals surface area contributed by atoms with Gasteiger partial charge >= 0.3 is 0 Å². The smallest absolute Gasteiger partial charge is 0.274 e. The summed E-state index contributed by atoms with van der Waals surface area (Å²) in [5, 5.41) is 8.84. The molecule has 0 bridgehead atoms. The van der Waals surface area contributed by atoms with E-state index in [1.54, 1.807) is 23.2 Å². The van der Waals surface area contributed by atoms with Gasteiger partial charge < -0.3 is 14.6 Å². The summed E-state index contributed by atoms with van der Waals surface area (Å²) in [7, 11) is 0. The first-order valence-corrected chi connectivity index (χ1v) is 9.49. The Morgan fingerprint density at radius 1 is 1.21 bits per heavy atom. The first-order valence-electron chi connectivity index (χ1n) is 9.11. The van der Waals surface area contributed by atoms with Gasteiger partial charge in [0, 0.05) is 24.7 Å². The van der Waals surface area contributed by atoms with Gasteiger partial charge in [-0.25, -0.2) is 5.01 Å². The summed E-state index contributed by atoms with van der Waals surface area (Å²) >= 11 is 6.15. The van der Waals surface area contributed by atoms with Gasteiger partial charge in [-0.2, -0.15) is 0 Å². The largest absolute Gasteiger partial charge is 0.379 e. The van der Waals surface area contributed by atoms with Crippen LogP contribution in [0.15, 0.2) is 34.9 Å². The van der Waals surface area contributed by atoms with Crippen molar-refractivity contribution in [3.8, 4) is 11.3 Å². The quantitative estimate of drug-likeness (QED) is 0.762. The number of carbonyl (C=O) groups excluding carboxylic acids is 2. The fourth-order valence-electron chi connectivity index (χ4n) is 2.82. The fraction of sp³-hybridized carbons (Fsp3) is 0.421. The van der Waals surface area contributed by atoms with Gasteiger partial charge in [0.2, 0.25) is 0 Å². The summed E-state index contributed by atoms with van der Waals surface area (Å²) < 4.78 is 10.5. The number of nitrogens with one attached hydrogen (secondary N) is 2. The normalized spacial score (nSPS) is 16.0. The first kappa shape index (κ1) is 20.3. The maximum absolute atomic E-state index is 12.6. The molecule has 0 aliphatic carbocycles. The van der Waals surface area contributed by atoms with Crippen LogP contribution in [-0.4, -0.2) is 54.3 Å². The average molecular weight is 407 g/mol. The summed E-state index contributed by atoms with van der Waals surface area (Å²) in [6.07, 6.45) is 0. The molecule has 28 heavy (non-hydrogen) atoms. The Hall–Kier alpha value is -2.42. The number of morpholine rings is 1. The number of halogens is 1. The van der Waals surface area contributed by atoms with E-state index in [1.165, 1.54) is 6.07 Å². The summed E-state index contributed by atoms with van der Waals surface area (Å²) in [6.45, 7) is 6.05. The number of hydrogen-bond acceptors (Lipinski definition) is 6. The third-order valence-electron chi connectivity index (χ3n) is 4.40. The van der Waals surface area contributed by atoms with E-state index in [2.05, 4.69) is 15.9 Å². The molecule has 2 N–H and O–H groups in total. The Kier molecular flexibility index (Phi) is 6.66. The van der Waals surface area contributed by atoms with Gasteiger partial charge in [0.05, 0.1) is 18.2 Å². The van der Waals surface area contributed by atoms with Crippen molar-refractivity contribution in [1.82, 2.24) is 20.9 Å². The van der Waals surface area contributed by atoms with Crippen LogP contribution in [0.5, 0.6) is 0 Å². The van der Waals surface area contributed by atoms with E-state index in [1.807, 2.05) is 19.9 Å². The van der Waals surface area contributed by atoms with Crippen molar-refractivity contribution in [2.24, 2.45) is 5.92 Å². The number of nitrogens with zero attached hydrogens (tertiary/aromatic N) is 2. The second kappa shape index (κ2) is 9.18. The highest BCUT2D eigenvalue weighted by Gasteiger charge is 2.28. The molecule has 2 heterocycles. The van der Waals surface area contributed by atoms with E-state index in [9.17, 15) is 9.59 Å². The van der Waals surface area contributed by atoms with Crippen molar-refractivity contribution in [2.45, 2.75) is 19.9 Å². The van der Waals surface area contributed by atoms with Crippen molar-refractivity contribution in [3.63, 3.8) is 0 Å². The van der Waals surface area contributed by atoms with E-state index in [-0.39, 0.29) is 17.5 Å². The van der Waals surface area contributed by atoms with Gasteiger partial charge in [0.25, 0.3) is 11.8 Å². The van der Waals surface area contributed by atoms with Gasteiger partial charge in [-0.15, -0.1) is 0 Å². The summed E-state index contributed by atoms with van der Waals surface area (Å²) in [4.78, 5) is 25.2. The Labute approximate surface area is 168 Å². The monoisotopic (exact) mass is 406 g/mol. The highest BCUT2D eigenvalue weighted by atomic mass is 35.5. The molecular weight excluding hydrogens is 384 g/mol. The Bertz CT molecular complexity index is 833. The Morgan fingerprint density at radius 3 is 2.61 bits per heavy atom. The molecule has 2 aromatic rings. The number of amides is 2. The molecule has 9 heteroatoms. The van der Waals surface area contributed by atoms with E-state index in [0.717, 1.165) is 0 Å². The second-order valence-corrected chi connectivity index (χ2v) is 7.23. The lowest BCUT2D eigenvalue weighted by molar-refractivity contribution is -0.130. The molecule has 1 saturated heterocycles. The van der Waals surface area contributed by atoms with Crippen LogP contribution in [0.3, 0.4) is 0 Å². The van der Waals surface area contributed by atoms with Gasteiger partial charge in [-0.05, 0) is 18.1 Å². The molecule has 1 unspecified atom stereocenters. The van der Waals surface area contributed by atoms with Crippen LogP contribution in [0.25, 0.3) is 11.3 Å². The van der Waals surface area contributed by atoms with Crippen molar-refractivity contribution in [2.75, 3.05) is 26.3 Å². The molecule has 1 fully saturated rings. The second-order valence-electron chi connectivity index (χ2n) is 6.83. The molecule has 1 aromatic heterocycles. The highest BCUT2D eigenvalue weighted by molar-refractivity contribution is 6.33. The van der Waals surface area contributed by atoms with Gasteiger partial charge in [-0.1, -0.05) is 42.7 Å². The number of carbonyl (C=O) groups is 2. The minimum absolute atomic E-state index is 0.0831. The molecule has 1 aliphatic rings. The molecule has 1 aliphatic heterocycles. The van der Waals surface area contributed by atoms with Crippen LogP contribution in [0.4, 0.5) is 0 Å². The van der Waals surface area contributed by atoms with Crippen LogP contribution >= 0.6 is 11.6 Å². The summed E-state index contributed by atoms with van der Waals surface area (Å²) in [6, 6.07) is 7.91. The third kappa shape index (κ3) is 4.89. The number of aromatic nitrogens is 1. The molecule has 1 atom stereocenters. The zero-order valence-electron chi connectivity index (χ0n) is 15.8. The van der Waals surface area contributed by atoms with Crippen LogP contribution < -0.4 is 10.7 Å². The molecular formula is C19H23ClN4O4. The van der Waals surface area contributed by atoms with Crippen LogP contribution in [0, 0.1) is 5.92 Å². The predicted molar refractivity (Wildman–Crippen MR) is 104 cm³/mol. The Morgan fingerprint density at radius 2 is 1.93 bits per heavy atom. The van der Waals surface area contributed by atoms with E-state index < -0.39 is 11.9 Å². The van der Waals surface area contributed by atoms with E-state index in [4.69, 9.17) is 20.9 Å². The third-order valence-corrected chi connectivity index (χ3v) is 4.73. The van der Waals surface area contributed by atoms with Crippen LogP contribution in [0.2, 0.25) is 5.02 Å². The van der Waals surface area contributed by atoms with Crippen molar-refractivity contribution < 1.29 is 18.8 Å². The number of benzene rings is 1. The SMILES string of the molecule is CC(C)C(NC(=O)c1cc(-c2ccccc2Cl)on1)C(=O)NN1CCOCC1. The molecule has 150 valence electrons. The topological polar surface area (TPSA) is 96.7 Å². The average Bonchev–Trinajstić information content (AvgIpc) is 3.17. The minimum Gasteiger partial charge on any atom is -0.379 e. The van der Waals surface area contributed by atoms with Crippen molar-refractivity contribution in [1.29, 1.82) is 0 Å². The molecule has 0 radical (unpaired) electrons.